The van der Waals surface area contributed by atoms with Crippen LogP contribution in [0.4, 0.5) is 13.2 Å². The molecule has 0 bridgehead atoms. The molecule has 1 amide bonds. The highest BCUT2D eigenvalue weighted by Gasteiger charge is 2.31. The average Bonchev–Trinajstić information content (AvgIpc) is 2.80. The summed E-state index contributed by atoms with van der Waals surface area (Å²) >= 11 is 0. The van der Waals surface area contributed by atoms with Gasteiger partial charge in [0.2, 0.25) is 0 Å². The molecule has 112 valence electrons. The lowest BCUT2D eigenvalue weighted by molar-refractivity contribution is -0.137. The molecule has 2 N–H and O–H groups in total. The van der Waals surface area contributed by atoms with E-state index in [2.05, 4.69) is 10.4 Å². The number of alkyl halides is 3. The van der Waals surface area contributed by atoms with Crippen molar-refractivity contribution in [3.8, 4) is 5.75 Å². The number of nitrogens with zero attached hydrogens (tertiary/aromatic N) is 2. The molecule has 5 nitrogen and oxygen atoms in total. The van der Waals surface area contributed by atoms with E-state index in [1.807, 2.05) is 0 Å². The number of carbonyl (C=O) groups is 1. The van der Waals surface area contributed by atoms with E-state index in [4.69, 9.17) is 0 Å². The highest BCUT2D eigenvalue weighted by molar-refractivity contribution is 5.96. The third-order valence-corrected chi connectivity index (χ3v) is 2.77. The number of rotatable bonds is 3. The number of aryl methyl sites for hydroxylation is 1. The number of hydrogen-bond acceptors (Lipinski definition) is 3. The second-order valence-electron chi connectivity index (χ2n) is 4.39. The fourth-order valence-corrected chi connectivity index (χ4v) is 1.72. The van der Waals surface area contributed by atoms with E-state index in [-0.39, 0.29) is 12.1 Å². The lowest BCUT2D eigenvalue weighted by Crippen LogP contribution is -2.23. The maximum absolute atomic E-state index is 12.5. The van der Waals surface area contributed by atoms with Crippen molar-refractivity contribution in [2.24, 2.45) is 7.05 Å². The predicted octanol–water partition coefficient (Wildman–Crippen LogP) is 2.07. The van der Waals surface area contributed by atoms with E-state index in [1.54, 1.807) is 24.0 Å². The third kappa shape index (κ3) is 3.53. The summed E-state index contributed by atoms with van der Waals surface area (Å²) in [5, 5.41) is 16.1. The largest absolute Gasteiger partial charge is 0.507 e. The molecule has 0 aliphatic rings. The molecular formula is C13H12F3N3O2. The van der Waals surface area contributed by atoms with Gasteiger partial charge in [0.25, 0.3) is 5.91 Å². The molecule has 0 radical (unpaired) electrons. The molecule has 2 aromatic rings. The van der Waals surface area contributed by atoms with Crippen LogP contribution in [0.2, 0.25) is 0 Å². The summed E-state index contributed by atoms with van der Waals surface area (Å²) in [6, 6.07) is 3.89. The van der Waals surface area contributed by atoms with Crippen LogP contribution in [-0.4, -0.2) is 20.8 Å². The Hall–Kier alpha value is -2.51. The first-order chi connectivity index (χ1) is 9.77. The Bertz CT molecular complexity index is 665. The van der Waals surface area contributed by atoms with Crippen LogP contribution in [0.15, 0.2) is 30.5 Å². The van der Waals surface area contributed by atoms with Gasteiger partial charge in [-0.15, -0.1) is 0 Å². The first-order valence-electron chi connectivity index (χ1n) is 5.94. The maximum Gasteiger partial charge on any atom is 0.416 e. The number of carbonyl (C=O) groups excluding carboxylic acids is 1. The molecule has 0 saturated heterocycles. The molecule has 2 rings (SSSR count). The van der Waals surface area contributed by atoms with Crippen LogP contribution < -0.4 is 5.32 Å². The molecule has 0 aliphatic heterocycles. The van der Waals surface area contributed by atoms with Crippen molar-refractivity contribution in [1.82, 2.24) is 15.1 Å². The zero-order valence-electron chi connectivity index (χ0n) is 11.0. The monoisotopic (exact) mass is 299 g/mol. The standard InChI is InChI=1S/C13H12F3N3O2/c1-19-5-4-9(18-19)7-17-12(21)10-3-2-8(6-11(10)20)13(14,15)16/h2-6,20H,7H2,1H3,(H,17,21). The van der Waals surface area contributed by atoms with Gasteiger partial charge in [0.15, 0.2) is 0 Å². The van der Waals surface area contributed by atoms with Gasteiger partial charge in [-0.25, -0.2) is 0 Å². The number of phenolic OH excluding ortho intramolecular Hbond substituents is 1. The highest BCUT2D eigenvalue weighted by Crippen LogP contribution is 2.32. The SMILES string of the molecule is Cn1ccc(CNC(=O)c2ccc(C(F)(F)F)cc2O)n1. The molecule has 0 spiro atoms. The van der Waals surface area contributed by atoms with E-state index < -0.39 is 23.4 Å². The minimum atomic E-state index is -4.57. The number of aromatic hydroxyl groups is 1. The van der Waals surface area contributed by atoms with Crippen LogP contribution in [0.3, 0.4) is 0 Å². The predicted molar refractivity (Wildman–Crippen MR) is 67.5 cm³/mol. The fourth-order valence-electron chi connectivity index (χ4n) is 1.72. The van der Waals surface area contributed by atoms with Gasteiger partial charge in [-0.05, 0) is 24.3 Å². The van der Waals surface area contributed by atoms with Crippen LogP contribution in [0.5, 0.6) is 5.75 Å². The van der Waals surface area contributed by atoms with Crippen LogP contribution in [0.1, 0.15) is 21.6 Å². The quantitative estimate of drug-likeness (QED) is 0.912. The fraction of sp³-hybridized carbons (Fsp3) is 0.231. The maximum atomic E-state index is 12.5. The summed E-state index contributed by atoms with van der Waals surface area (Å²) < 4.78 is 38.9. The first kappa shape index (κ1) is 14.9. The molecule has 0 fully saturated rings. The van der Waals surface area contributed by atoms with Crippen molar-refractivity contribution in [2.75, 3.05) is 0 Å². The lowest BCUT2D eigenvalue weighted by atomic mass is 10.1. The van der Waals surface area contributed by atoms with Gasteiger partial charge < -0.3 is 10.4 Å². The summed E-state index contributed by atoms with van der Waals surface area (Å²) in [6.07, 6.45) is -2.88. The van der Waals surface area contributed by atoms with Crippen molar-refractivity contribution < 1.29 is 23.1 Å². The van der Waals surface area contributed by atoms with Crippen LogP contribution in [0.25, 0.3) is 0 Å². The molecule has 21 heavy (non-hydrogen) atoms. The summed E-state index contributed by atoms with van der Waals surface area (Å²) in [4.78, 5) is 11.8. The van der Waals surface area contributed by atoms with E-state index in [0.29, 0.717) is 11.8 Å². The van der Waals surface area contributed by atoms with E-state index in [1.165, 1.54) is 0 Å². The van der Waals surface area contributed by atoms with Crippen molar-refractivity contribution in [1.29, 1.82) is 0 Å². The second-order valence-corrected chi connectivity index (χ2v) is 4.39. The molecular weight excluding hydrogens is 287 g/mol. The topological polar surface area (TPSA) is 67.2 Å². The van der Waals surface area contributed by atoms with E-state index in [0.717, 1.165) is 12.1 Å². The normalized spacial score (nSPS) is 11.4. The van der Waals surface area contributed by atoms with Crippen LogP contribution in [0, 0.1) is 0 Å². The number of phenols is 1. The second kappa shape index (κ2) is 5.47. The Morgan fingerprint density at radius 3 is 2.62 bits per heavy atom. The van der Waals surface area contributed by atoms with Gasteiger partial charge in [0.05, 0.1) is 23.4 Å². The number of amides is 1. The zero-order valence-corrected chi connectivity index (χ0v) is 11.0. The van der Waals surface area contributed by atoms with Gasteiger partial charge >= 0.3 is 6.18 Å². The Labute approximate surface area is 118 Å². The molecule has 0 atom stereocenters. The van der Waals surface area contributed by atoms with E-state index >= 15 is 0 Å². The van der Waals surface area contributed by atoms with Crippen LogP contribution in [-0.2, 0) is 19.8 Å². The van der Waals surface area contributed by atoms with Gasteiger partial charge in [0.1, 0.15) is 5.75 Å². The van der Waals surface area contributed by atoms with Gasteiger partial charge in [-0.1, -0.05) is 0 Å². The smallest absolute Gasteiger partial charge is 0.416 e. The molecule has 0 unspecified atom stereocenters. The van der Waals surface area contributed by atoms with E-state index in [9.17, 15) is 23.1 Å². The molecule has 0 saturated carbocycles. The number of aromatic nitrogens is 2. The summed E-state index contributed by atoms with van der Waals surface area (Å²) in [6.45, 7) is 0.111. The van der Waals surface area contributed by atoms with Gasteiger partial charge in [-0.2, -0.15) is 18.3 Å². The Morgan fingerprint density at radius 1 is 1.38 bits per heavy atom. The van der Waals surface area contributed by atoms with Crippen molar-refractivity contribution in [2.45, 2.75) is 12.7 Å². The Morgan fingerprint density at radius 2 is 2.10 bits per heavy atom. The number of hydrogen-bond donors (Lipinski definition) is 2. The Balaban J connectivity index is 2.09. The van der Waals surface area contributed by atoms with Gasteiger partial charge in [0, 0.05) is 13.2 Å². The number of halogens is 3. The molecule has 0 aliphatic carbocycles. The summed E-state index contributed by atoms with van der Waals surface area (Å²) in [5.74, 6) is -1.39. The minimum absolute atomic E-state index is 0.111. The molecule has 1 aromatic carbocycles. The molecule has 8 heteroatoms. The lowest BCUT2D eigenvalue weighted by Gasteiger charge is -2.10. The number of benzene rings is 1. The van der Waals surface area contributed by atoms with Crippen molar-refractivity contribution in [3.05, 3.63) is 47.3 Å². The van der Waals surface area contributed by atoms with Crippen molar-refractivity contribution in [3.63, 3.8) is 0 Å². The highest BCUT2D eigenvalue weighted by atomic mass is 19.4. The third-order valence-electron chi connectivity index (χ3n) is 2.77. The molecule has 1 heterocycles. The Kier molecular flexibility index (Phi) is 3.88. The molecule has 1 aromatic heterocycles. The van der Waals surface area contributed by atoms with Gasteiger partial charge in [-0.3, -0.25) is 9.48 Å². The van der Waals surface area contributed by atoms with Crippen LogP contribution >= 0.6 is 0 Å². The van der Waals surface area contributed by atoms with Crippen molar-refractivity contribution >= 4 is 5.91 Å². The summed E-state index contributed by atoms with van der Waals surface area (Å²) in [7, 11) is 1.72. The average molecular weight is 299 g/mol. The number of nitrogens with one attached hydrogen (secondary N) is 1. The zero-order chi connectivity index (χ0) is 15.6. The summed E-state index contributed by atoms with van der Waals surface area (Å²) in [5.41, 5.74) is -0.641. The minimum Gasteiger partial charge on any atom is -0.507 e. The first-order valence-corrected chi connectivity index (χ1v) is 5.94.